The number of ether oxygens (including phenoxy) is 1. The van der Waals surface area contributed by atoms with Gasteiger partial charge in [-0.05, 0) is 37.7 Å². The fourth-order valence-corrected chi connectivity index (χ4v) is 3.21. The van der Waals surface area contributed by atoms with Gasteiger partial charge >= 0.3 is 5.97 Å². The minimum absolute atomic E-state index is 0.0214. The molecule has 1 amide bonds. The summed E-state index contributed by atoms with van der Waals surface area (Å²) in [6.07, 6.45) is 0. The summed E-state index contributed by atoms with van der Waals surface area (Å²) in [6.45, 7) is 1.29. The number of benzene rings is 2. The summed E-state index contributed by atoms with van der Waals surface area (Å²) >= 11 is 5.95. The average molecular weight is 411 g/mol. The van der Waals surface area contributed by atoms with Crippen LogP contribution in [0.1, 0.15) is 28.9 Å². The minimum Gasteiger partial charge on any atom is -0.452 e. The predicted molar refractivity (Wildman–Crippen MR) is 101 cm³/mol. The standard InChI is InChI=1S/C18H19ClN2O5S/c1-12(13-6-4-3-5-7-13)21-17(22)11-26-18(23)15-10-14(8-9-16(15)19)27(24,25)20-2/h3-10,12,20H,11H2,1-2H3,(H,21,22)/t12-/m0/s1. The molecular weight excluding hydrogens is 392 g/mol. The molecule has 0 saturated heterocycles. The number of amides is 1. The van der Waals surface area contributed by atoms with Crippen molar-refractivity contribution in [2.75, 3.05) is 13.7 Å². The molecule has 144 valence electrons. The van der Waals surface area contributed by atoms with Crippen LogP contribution in [0.2, 0.25) is 5.02 Å². The number of carbonyl (C=O) groups excluding carboxylic acids is 2. The van der Waals surface area contributed by atoms with E-state index in [1.54, 1.807) is 6.92 Å². The fourth-order valence-electron chi connectivity index (χ4n) is 2.26. The van der Waals surface area contributed by atoms with Gasteiger partial charge in [0.2, 0.25) is 10.0 Å². The molecule has 0 spiro atoms. The molecule has 2 aromatic carbocycles. The van der Waals surface area contributed by atoms with Crippen LogP contribution in [0, 0.1) is 0 Å². The molecule has 0 bridgehead atoms. The van der Waals surface area contributed by atoms with Crippen LogP contribution in [0.25, 0.3) is 0 Å². The summed E-state index contributed by atoms with van der Waals surface area (Å²) < 4.78 is 30.8. The van der Waals surface area contributed by atoms with Crippen molar-refractivity contribution < 1.29 is 22.7 Å². The summed E-state index contributed by atoms with van der Waals surface area (Å²) in [5.41, 5.74) is 0.766. The summed E-state index contributed by atoms with van der Waals surface area (Å²) in [5.74, 6) is -1.38. The molecule has 0 radical (unpaired) electrons. The third kappa shape index (κ3) is 5.53. The number of esters is 1. The first-order valence-electron chi connectivity index (χ1n) is 7.99. The van der Waals surface area contributed by atoms with Gasteiger partial charge in [0, 0.05) is 0 Å². The maximum Gasteiger partial charge on any atom is 0.340 e. The molecular formula is C18H19ClN2O5S. The summed E-state index contributed by atoms with van der Waals surface area (Å²) in [4.78, 5) is 24.0. The lowest BCUT2D eigenvalue weighted by Gasteiger charge is -2.14. The van der Waals surface area contributed by atoms with Crippen molar-refractivity contribution in [3.63, 3.8) is 0 Å². The monoisotopic (exact) mass is 410 g/mol. The van der Waals surface area contributed by atoms with Gasteiger partial charge in [-0.1, -0.05) is 41.9 Å². The summed E-state index contributed by atoms with van der Waals surface area (Å²) in [7, 11) is -2.49. The predicted octanol–water partition coefficient (Wildman–Crippen LogP) is 2.28. The normalized spacial score (nSPS) is 12.3. The molecule has 2 aromatic rings. The lowest BCUT2D eigenvalue weighted by molar-refractivity contribution is -0.124. The van der Waals surface area contributed by atoms with Gasteiger partial charge in [0.25, 0.3) is 5.91 Å². The van der Waals surface area contributed by atoms with E-state index in [4.69, 9.17) is 16.3 Å². The van der Waals surface area contributed by atoms with Crippen molar-refractivity contribution >= 4 is 33.5 Å². The molecule has 0 aromatic heterocycles. The van der Waals surface area contributed by atoms with Crippen LogP contribution in [-0.2, 0) is 19.6 Å². The fraction of sp³-hybridized carbons (Fsp3) is 0.222. The number of sulfonamides is 1. The van der Waals surface area contributed by atoms with E-state index in [9.17, 15) is 18.0 Å². The molecule has 0 aliphatic rings. The topological polar surface area (TPSA) is 102 Å². The van der Waals surface area contributed by atoms with Gasteiger partial charge in [0.15, 0.2) is 6.61 Å². The Balaban J connectivity index is 2.01. The molecule has 27 heavy (non-hydrogen) atoms. The molecule has 7 nitrogen and oxygen atoms in total. The molecule has 0 fully saturated rings. The van der Waals surface area contributed by atoms with Gasteiger partial charge in [-0.2, -0.15) is 0 Å². The first-order chi connectivity index (χ1) is 12.7. The summed E-state index contributed by atoms with van der Waals surface area (Å²) in [5, 5.41) is 2.73. The van der Waals surface area contributed by atoms with E-state index in [2.05, 4.69) is 10.0 Å². The molecule has 0 unspecified atom stereocenters. The quantitative estimate of drug-likeness (QED) is 0.682. The van der Waals surface area contributed by atoms with E-state index in [0.29, 0.717) is 0 Å². The van der Waals surface area contributed by atoms with Crippen molar-refractivity contribution in [1.82, 2.24) is 10.0 Å². The Morgan fingerprint density at radius 1 is 1.15 bits per heavy atom. The van der Waals surface area contributed by atoms with Crippen molar-refractivity contribution in [2.45, 2.75) is 17.9 Å². The number of hydrogen-bond acceptors (Lipinski definition) is 5. The Labute approximate surface area is 162 Å². The van der Waals surface area contributed by atoms with Crippen molar-refractivity contribution in [3.05, 3.63) is 64.7 Å². The second-order valence-corrected chi connectivity index (χ2v) is 7.92. The van der Waals surface area contributed by atoms with Crippen molar-refractivity contribution in [3.8, 4) is 0 Å². The molecule has 0 aliphatic heterocycles. The van der Waals surface area contributed by atoms with E-state index >= 15 is 0 Å². The van der Waals surface area contributed by atoms with Gasteiger partial charge in [0.1, 0.15) is 0 Å². The number of hydrogen-bond donors (Lipinski definition) is 2. The van der Waals surface area contributed by atoms with Gasteiger partial charge in [-0.25, -0.2) is 17.9 Å². The highest BCUT2D eigenvalue weighted by Gasteiger charge is 2.19. The second kappa shape index (κ2) is 8.98. The minimum atomic E-state index is -3.74. The zero-order valence-electron chi connectivity index (χ0n) is 14.7. The van der Waals surface area contributed by atoms with E-state index in [1.807, 2.05) is 30.3 Å². The number of halogens is 1. The third-order valence-corrected chi connectivity index (χ3v) is 5.49. The third-order valence-electron chi connectivity index (χ3n) is 3.75. The average Bonchev–Trinajstić information content (AvgIpc) is 2.67. The number of carbonyl (C=O) groups is 2. The SMILES string of the molecule is CNS(=O)(=O)c1ccc(Cl)c(C(=O)OCC(=O)N[C@@H](C)c2ccccc2)c1. The first kappa shape index (κ1) is 20.9. The Hall–Kier alpha value is -2.42. The van der Waals surface area contributed by atoms with E-state index < -0.39 is 28.5 Å². The molecule has 9 heteroatoms. The Morgan fingerprint density at radius 2 is 1.81 bits per heavy atom. The zero-order chi connectivity index (χ0) is 20.0. The molecule has 2 rings (SSSR count). The Kier molecular flexibility index (Phi) is 6.95. The highest BCUT2D eigenvalue weighted by atomic mass is 35.5. The largest absolute Gasteiger partial charge is 0.452 e. The van der Waals surface area contributed by atoms with Crippen molar-refractivity contribution in [2.24, 2.45) is 0 Å². The van der Waals surface area contributed by atoms with Crippen molar-refractivity contribution in [1.29, 1.82) is 0 Å². The van der Waals surface area contributed by atoms with Crippen LogP contribution in [0.3, 0.4) is 0 Å². The summed E-state index contributed by atoms with van der Waals surface area (Å²) in [6, 6.07) is 12.7. The molecule has 0 aliphatic carbocycles. The van der Waals surface area contributed by atoms with Crippen LogP contribution in [0.5, 0.6) is 0 Å². The van der Waals surface area contributed by atoms with Crippen LogP contribution in [-0.4, -0.2) is 33.9 Å². The van der Waals surface area contributed by atoms with Crippen LogP contribution in [0.4, 0.5) is 0 Å². The van der Waals surface area contributed by atoms with E-state index in [1.165, 1.54) is 19.2 Å². The molecule has 0 heterocycles. The second-order valence-electron chi connectivity index (χ2n) is 5.63. The maximum atomic E-state index is 12.2. The molecule has 1 atom stereocenters. The molecule has 2 N–H and O–H groups in total. The van der Waals surface area contributed by atoms with Gasteiger partial charge in [-0.3, -0.25) is 4.79 Å². The lowest BCUT2D eigenvalue weighted by Crippen LogP contribution is -2.31. The van der Waals surface area contributed by atoms with Gasteiger partial charge in [0.05, 0.1) is 21.5 Å². The highest BCUT2D eigenvalue weighted by molar-refractivity contribution is 7.89. The number of rotatable bonds is 7. The van der Waals surface area contributed by atoms with E-state index in [-0.39, 0.29) is 21.5 Å². The maximum absolute atomic E-state index is 12.2. The van der Waals surface area contributed by atoms with Crippen LogP contribution < -0.4 is 10.0 Å². The Morgan fingerprint density at radius 3 is 2.44 bits per heavy atom. The number of nitrogens with one attached hydrogen (secondary N) is 2. The van der Waals surface area contributed by atoms with E-state index in [0.717, 1.165) is 11.6 Å². The van der Waals surface area contributed by atoms with Gasteiger partial charge < -0.3 is 10.1 Å². The molecule has 0 saturated carbocycles. The van der Waals surface area contributed by atoms with Crippen LogP contribution in [0.15, 0.2) is 53.4 Å². The van der Waals surface area contributed by atoms with Crippen LogP contribution >= 0.6 is 11.6 Å². The highest BCUT2D eigenvalue weighted by Crippen LogP contribution is 2.21. The Bertz CT molecular complexity index is 932. The zero-order valence-corrected chi connectivity index (χ0v) is 16.3. The van der Waals surface area contributed by atoms with Gasteiger partial charge in [-0.15, -0.1) is 0 Å². The smallest absolute Gasteiger partial charge is 0.340 e. The first-order valence-corrected chi connectivity index (χ1v) is 9.85. The lowest BCUT2D eigenvalue weighted by atomic mass is 10.1.